The SMILES string of the molecule is Cc1cc(Cc2ccccc2F)n(C)c1C(=O)c1cccs1. The molecule has 1 aromatic carbocycles. The van der Waals surface area contributed by atoms with Crippen LogP contribution in [0.3, 0.4) is 0 Å². The summed E-state index contributed by atoms with van der Waals surface area (Å²) in [6.45, 7) is 1.92. The van der Waals surface area contributed by atoms with Gasteiger partial charge in [0.1, 0.15) is 5.82 Å². The topological polar surface area (TPSA) is 22.0 Å². The fraction of sp³-hybridized carbons (Fsp3) is 0.167. The normalized spacial score (nSPS) is 10.9. The van der Waals surface area contributed by atoms with E-state index in [0.717, 1.165) is 16.1 Å². The molecular formula is C18H16FNOS. The average Bonchev–Trinajstić information content (AvgIpc) is 3.11. The van der Waals surface area contributed by atoms with E-state index in [4.69, 9.17) is 0 Å². The molecule has 0 spiro atoms. The third kappa shape index (κ3) is 2.62. The highest BCUT2D eigenvalue weighted by molar-refractivity contribution is 7.12. The lowest BCUT2D eigenvalue weighted by atomic mass is 10.1. The predicted molar refractivity (Wildman–Crippen MR) is 87.1 cm³/mol. The lowest BCUT2D eigenvalue weighted by Crippen LogP contribution is -2.09. The molecule has 112 valence electrons. The summed E-state index contributed by atoms with van der Waals surface area (Å²) in [6.07, 6.45) is 0.474. The van der Waals surface area contributed by atoms with Crippen LogP contribution in [0.4, 0.5) is 4.39 Å². The molecular weight excluding hydrogens is 297 g/mol. The monoisotopic (exact) mass is 313 g/mol. The Labute approximate surface area is 132 Å². The number of carbonyl (C=O) groups excluding carboxylic acids is 1. The summed E-state index contributed by atoms with van der Waals surface area (Å²) in [4.78, 5) is 13.3. The van der Waals surface area contributed by atoms with Crippen molar-refractivity contribution < 1.29 is 9.18 Å². The van der Waals surface area contributed by atoms with Gasteiger partial charge >= 0.3 is 0 Å². The minimum atomic E-state index is -0.215. The van der Waals surface area contributed by atoms with E-state index in [-0.39, 0.29) is 11.6 Å². The molecule has 2 nitrogen and oxygen atoms in total. The van der Waals surface area contributed by atoms with Crippen LogP contribution in [0.5, 0.6) is 0 Å². The molecule has 2 aromatic heterocycles. The van der Waals surface area contributed by atoms with Gasteiger partial charge in [0.05, 0.1) is 10.6 Å². The van der Waals surface area contributed by atoms with Gasteiger partial charge in [-0.2, -0.15) is 0 Å². The number of hydrogen-bond acceptors (Lipinski definition) is 2. The minimum absolute atomic E-state index is 0.0229. The van der Waals surface area contributed by atoms with Gasteiger partial charge < -0.3 is 4.57 Å². The molecule has 0 bridgehead atoms. The molecule has 22 heavy (non-hydrogen) atoms. The van der Waals surface area contributed by atoms with Crippen LogP contribution in [0.15, 0.2) is 47.8 Å². The molecule has 0 radical (unpaired) electrons. The Hall–Kier alpha value is -2.20. The molecule has 0 aliphatic carbocycles. The Bertz CT molecular complexity index is 818. The summed E-state index contributed by atoms with van der Waals surface area (Å²) >= 11 is 1.44. The summed E-state index contributed by atoms with van der Waals surface area (Å²) in [5, 5.41) is 1.89. The number of aromatic nitrogens is 1. The summed E-state index contributed by atoms with van der Waals surface area (Å²) in [5.41, 5.74) is 3.17. The van der Waals surface area contributed by atoms with Crippen molar-refractivity contribution in [1.82, 2.24) is 4.57 Å². The molecule has 0 saturated heterocycles. The molecule has 0 atom stereocenters. The number of hydrogen-bond donors (Lipinski definition) is 0. The Morgan fingerprint density at radius 1 is 1.23 bits per heavy atom. The molecule has 3 aromatic rings. The Morgan fingerprint density at radius 3 is 2.68 bits per heavy atom. The number of aryl methyl sites for hydroxylation is 1. The van der Waals surface area contributed by atoms with Gasteiger partial charge in [0.25, 0.3) is 0 Å². The first-order valence-electron chi connectivity index (χ1n) is 7.04. The van der Waals surface area contributed by atoms with Crippen LogP contribution in [-0.2, 0) is 13.5 Å². The molecule has 0 saturated carbocycles. The van der Waals surface area contributed by atoms with Crippen LogP contribution in [0.1, 0.15) is 32.2 Å². The molecule has 0 fully saturated rings. The van der Waals surface area contributed by atoms with Gasteiger partial charge in [0, 0.05) is 19.2 Å². The number of ketones is 1. The van der Waals surface area contributed by atoms with Crippen LogP contribution < -0.4 is 0 Å². The largest absolute Gasteiger partial charge is 0.344 e. The Morgan fingerprint density at radius 2 is 2.00 bits per heavy atom. The van der Waals surface area contributed by atoms with Gasteiger partial charge in [-0.1, -0.05) is 24.3 Å². The van der Waals surface area contributed by atoms with E-state index in [0.29, 0.717) is 17.7 Å². The van der Waals surface area contributed by atoms with E-state index in [2.05, 4.69) is 0 Å². The maximum atomic E-state index is 13.8. The Kier molecular flexibility index (Phi) is 3.94. The van der Waals surface area contributed by atoms with Gasteiger partial charge in [-0.25, -0.2) is 4.39 Å². The number of carbonyl (C=O) groups is 1. The first-order valence-corrected chi connectivity index (χ1v) is 7.92. The number of halogens is 1. The standard InChI is InChI=1S/C18H16FNOS/c1-12-10-14(11-13-6-3-4-7-15(13)19)20(2)17(12)18(21)16-8-5-9-22-16/h3-10H,11H2,1-2H3. The smallest absolute Gasteiger partial charge is 0.219 e. The molecule has 4 heteroatoms. The highest BCUT2D eigenvalue weighted by Crippen LogP contribution is 2.23. The van der Waals surface area contributed by atoms with E-state index < -0.39 is 0 Å². The highest BCUT2D eigenvalue weighted by Gasteiger charge is 2.19. The second-order valence-electron chi connectivity index (χ2n) is 5.30. The van der Waals surface area contributed by atoms with Crippen molar-refractivity contribution in [3.63, 3.8) is 0 Å². The molecule has 0 amide bonds. The number of nitrogens with zero attached hydrogens (tertiary/aromatic N) is 1. The van der Waals surface area contributed by atoms with Gasteiger partial charge in [-0.3, -0.25) is 4.79 Å². The lowest BCUT2D eigenvalue weighted by Gasteiger charge is -2.08. The predicted octanol–water partition coefficient (Wildman–Crippen LogP) is 4.36. The van der Waals surface area contributed by atoms with E-state index in [1.54, 1.807) is 12.1 Å². The van der Waals surface area contributed by atoms with Crippen LogP contribution in [0.25, 0.3) is 0 Å². The van der Waals surface area contributed by atoms with Crippen molar-refractivity contribution in [2.45, 2.75) is 13.3 Å². The maximum absolute atomic E-state index is 13.8. The van der Waals surface area contributed by atoms with Crippen LogP contribution >= 0.6 is 11.3 Å². The van der Waals surface area contributed by atoms with Gasteiger partial charge in [0.2, 0.25) is 5.78 Å². The summed E-state index contributed by atoms with van der Waals surface area (Å²) in [6, 6.07) is 12.4. The molecule has 0 N–H and O–H groups in total. The van der Waals surface area contributed by atoms with E-state index in [1.807, 2.05) is 48.2 Å². The van der Waals surface area contributed by atoms with Crippen LogP contribution in [0, 0.1) is 12.7 Å². The lowest BCUT2D eigenvalue weighted by molar-refractivity contribution is 0.103. The fourth-order valence-corrected chi connectivity index (χ4v) is 3.35. The zero-order chi connectivity index (χ0) is 15.7. The van der Waals surface area contributed by atoms with Gasteiger partial charge in [-0.05, 0) is 41.6 Å². The fourth-order valence-electron chi connectivity index (χ4n) is 2.69. The Balaban J connectivity index is 1.97. The average molecular weight is 313 g/mol. The molecule has 0 aliphatic heterocycles. The zero-order valence-electron chi connectivity index (χ0n) is 12.5. The van der Waals surface area contributed by atoms with Gasteiger partial charge in [0.15, 0.2) is 0 Å². The maximum Gasteiger partial charge on any atom is 0.219 e. The van der Waals surface area contributed by atoms with Crippen molar-refractivity contribution in [3.8, 4) is 0 Å². The highest BCUT2D eigenvalue weighted by atomic mass is 32.1. The third-order valence-corrected chi connectivity index (χ3v) is 4.68. The summed E-state index contributed by atoms with van der Waals surface area (Å²) in [7, 11) is 1.87. The minimum Gasteiger partial charge on any atom is -0.344 e. The quantitative estimate of drug-likeness (QED) is 0.656. The van der Waals surface area contributed by atoms with E-state index in [9.17, 15) is 9.18 Å². The van der Waals surface area contributed by atoms with Crippen molar-refractivity contribution in [1.29, 1.82) is 0 Å². The van der Waals surface area contributed by atoms with Crippen molar-refractivity contribution >= 4 is 17.1 Å². The van der Waals surface area contributed by atoms with Crippen molar-refractivity contribution in [3.05, 3.63) is 81.1 Å². The third-order valence-electron chi connectivity index (χ3n) is 3.81. The number of rotatable bonds is 4. The van der Waals surface area contributed by atoms with Crippen LogP contribution in [0.2, 0.25) is 0 Å². The molecule has 3 rings (SSSR count). The molecule has 0 aliphatic rings. The molecule has 0 unspecified atom stereocenters. The van der Waals surface area contributed by atoms with Crippen molar-refractivity contribution in [2.75, 3.05) is 0 Å². The second kappa shape index (κ2) is 5.89. The number of thiophene rings is 1. The summed E-state index contributed by atoms with van der Waals surface area (Å²) in [5.74, 6) is -0.192. The summed E-state index contributed by atoms with van der Waals surface area (Å²) < 4.78 is 15.7. The van der Waals surface area contributed by atoms with Crippen molar-refractivity contribution in [2.24, 2.45) is 7.05 Å². The van der Waals surface area contributed by atoms with Crippen LogP contribution in [-0.4, -0.2) is 10.4 Å². The van der Waals surface area contributed by atoms with E-state index >= 15 is 0 Å². The number of benzene rings is 1. The van der Waals surface area contributed by atoms with E-state index in [1.165, 1.54) is 17.4 Å². The van der Waals surface area contributed by atoms with Gasteiger partial charge in [-0.15, -0.1) is 11.3 Å². The first-order chi connectivity index (χ1) is 10.6. The second-order valence-corrected chi connectivity index (χ2v) is 6.25. The zero-order valence-corrected chi connectivity index (χ0v) is 13.3. The molecule has 2 heterocycles. The first kappa shape index (κ1) is 14.7.